The molecule has 0 aromatic heterocycles. The van der Waals surface area contributed by atoms with Crippen LogP contribution in [0.1, 0.15) is 63.0 Å². The fraction of sp³-hybridized carbons (Fsp3) is 0.650. The molecule has 1 aliphatic carbocycles. The van der Waals surface area contributed by atoms with Crippen molar-refractivity contribution in [2.24, 2.45) is 5.73 Å². The highest BCUT2D eigenvalue weighted by molar-refractivity contribution is 5.81. The molecule has 1 amide bonds. The molecule has 25 heavy (non-hydrogen) atoms. The third kappa shape index (κ3) is 4.39. The topological polar surface area (TPSA) is 58.4 Å². The van der Waals surface area contributed by atoms with Crippen LogP contribution in [0.3, 0.4) is 0 Å². The molecular formula is C20H30FN3O. The van der Waals surface area contributed by atoms with Gasteiger partial charge >= 0.3 is 0 Å². The predicted molar refractivity (Wildman–Crippen MR) is 97.6 cm³/mol. The molecule has 3 rings (SSSR count). The number of hydrogen-bond acceptors (Lipinski definition) is 3. The van der Waals surface area contributed by atoms with Crippen molar-refractivity contribution >= 4 is 5.91 Å². The minimum absolute atomic E-state index is 0.131. The van der Waals surface area contributed by atoms with E-state index < -0.39 is 11.9 Å². The summed E-state index contributed by atoms with van der Waals surface area (Å²) in [4.78, 5) is 14.6. The van der Waals surface area contributed by atoms with Gasteiger partial charge in [-0.25, -0.2) is 4.39 Å². The Morgan fingerprint density at radius 1 is 1.08 bits per heavy atom. The molecule has 2 fully saturated rings. The maximum atomic E-state index is 13.2. The predicted octanol–water partition coefficient (Wildman–Crippen LogP) is 3.13. The summed E-state index contributed by atoms with van der Waals surface area (Å²) >= 11 is 0. The van der Waals surface area contributed by atoms with E-state index in [0.717, 1.165) is 25.2 Å². The first-order valence-electron chi connectivity index (χ1n) is 9.64. The normalized spacial score (nSPS) is 22.4. The SMILES string of the molecule is NC(=O)C(NCC1(N2CCCCC2)CCCCC1)c1ccc(F)cc1. The van der Waals surface area contributed by atoms with Crippen LogP contribution in [0.4, 0.5) is 4.39 Å². The molecule has 1 saturated heterocycles. The molecule has 1 aliphatic heterocycles. The number of carbonyl (C=O) groups is 1. The van der Waals surface area contributed by atoms with Gasteiger partial charge in [-0.1, -0.05) is 37.8 Å². The zero-order valence-electron chi connectivity index (χ0n) is 15.0. The molecular weight excluding hydrogens is 317 g/mol. The zero-order chi connectivity index (χ0) is 17.7. The van der Waals surface area contributed by atoms with Crippen LogP contribution in [-0.4, -0.2) is 36.0 Å². The van der Waals surface area contributed by atoms with Crippen LogP contribution < -0.4 is 11.1 Å². The summed E-state index contributed by atoms with van der Waals surface area (Å²) < 4.78 is 13.2. The molecule has 5 heteroatoms. The van der Waals surface area contributed by atoms with Gasteiger partial charge in [-0.15, -0.1) is 0 Å². The number of nitrogens with one attached hydrogen (secondary N) is 1. The van der Waals surface area contributed by atoms with Gasteiger partial charge in [0.15, 0.2) is 0 Å². The Kier molecular flexibility index (Phi) is 6.07. The van der Waals surface area contributed by atoms with E-state index in [1.54, 1.807) is 12.1 Å². The molecule has 0 bridgehead atoms. The second-order valence-corrected chi connectivity index (χ2v) is 7.60. The Hall–Kier alpha value is -1.46. The molecule has 1 unspecified atom stereocenters. The van der Waals surface area contributed by atoms with Crippen molar-refractivity contribution in [3.8, 4) is 0 Å². The number of amides is 1. The quantitative estimate of drug-likeness (QED) is 0.831. The second-order valence-electron chi connectivity index (χ2n) is 7.60. The molecule has 1 heterocycles. The highest BCUT2D eigenvalue weighted by atomic mass is 19.1. The van der Waals surface area contributed by atoms with Crippen molar-refractivity contribution in [1.29, 1.82) is 0 Å². The van der Waals surface area contributed by atoms with Gasteiger partial charge in [-0.2, -0.15) is 0 Å². The third-order valence-corrected chi connectivity index (χ3v) is 5.93. The van der Waals surface area contributed by atoms with E-state index in [0.29, 0.717) is 0 Å². The zero-order valence-corrected chi connectivity index (χ0v) is 15.0. The maximum Gasteiger partial charge on any atom is 0.239 e. The summed E-state index contributed by atoms with van der Waals surface area (Å²) in [6, 6.07) is 5.49. The van der Waals surface area contributed by atoms with Crippen LogP contribution >= 0.6 is 0 Å². The summed E-state index contributed by atoms with van der Waals surface area (Å²) in [5.41, 5.74) is 6.50. The number of benzene rings is 1. The van der Waals surface area contributed by atoms with Crippen LogP contribution in [0, 0.1) is 5.82 Å². The highest BCUT2D eigenvalue weighted by Gasteiger charge is 2.39. The van der Waals surface area contributed by atoms with Crippen molar-refractivity contribution in [3.63, 3.8) is 0 Å². The lowest BCUT2D eigenvalue weighted by Gasteiger charge is -2.49. The number of halogens is 1. The van der Waals surface area contributed by atoms with Crippen LogP contribution in [0.5, 0.6) is 0 Å². The van der Waals surface area contributed by atoms with Gasteiger partial charge in [-0.3, -0.25) is 9.69 Å². The smallest absolute Gasteiger partial charge is 0.239 e. The van der Waals surface area contributed by atoms with E-state index in [9.17, 15) is 9.18 Å². The van der Waals surface area contributed by atoms with E-state index in [4.69, 9.17) is 5.73 Å². The third-order valence-electron chi connectivity index (χ3n) is 5.93. The van der Waals surface area contributed by atoms with Crippen molar-refractivity contribution in [2.45, 2.75) is 62.9 Å². The van der Waals surface area contributed by atoms with E-state index in [-0.39, 0.29) is 11.4 Å². The van der Waals surface area contributed by atoms with Gasteiger partial charge in [0.25, 0.3) is 0 Å². The van der Waals surface area contributed by atoms with Gasteiger partial charge in [0.2, 0.25) is 5.91 Å². The summed E-state index contributed by atoms with van der Waals surface area (Å²) in [5, 5.41) is 3.42. The fourth-order valence-electron chi connectivity index (χ4n) is 4.51. The molecule has 1 saturated carbocycles. The minimum atomic E-state index is -0.566. The van der Waals surface area contributed by atoms with Crippen molar-refractivity contribution in [1.82, 2.24) is 10.2 Å². The van der Waals surface area contributed by atoms with Crippen molar-refractivity contribution in [3.05, 3.63) is 35.6 Å². The Bertz CT molecular complexity index is 563. The lowest BCUT2D eigenvalue weighted by molar-refractivity contribution is -0.120. The number of piperidine rings is 1. The van der Waals surface area contributed by atoms with Crippen LogP contribution in [0.25, 0.3) is 0 Å². The first-order valence-corrected chi connectivity index (χ1v) is 9.64. The fourth-order valence-corrected chi connectivity index (χ4v) is 4.51. The van der Waals surface area contributed by atoms with E-state index in [1.807, 2.05) is 0 Å². The lowest BCUT2D eigenvalue weighted by Crippen LogP contribution is -2.58. The molecule has 3 N–H and O–H groups in total. The molecule has 1 aromatic carbocycles. The van der Waals surface area contributed by atoms with Crippen molar-refractivity contribution < 1.29 is 9.18 Å². The number of rotatable bonds is 6. The molecule has 2 aliphatic rings. The summed E-state index contributed by atoms with van der Waals surface area (Å²) in [6.07, 6.45) is 9.99. The molecule has 0 radical (unpaired) electrons. The second kappa shape index (κ2) is 8.28. The average molecular weight is 347 g/mol. The first kappa shape index (κ1) is 18.3. The first-order chi connectivity index (χ1) is 12.1. The number of primary amides is 1. The summed E-state index contributed by atoms with van der Waals surface area (Å²) in [5.74, 6) is -0.708. The molecule has 1 atom stereocenters. The molecule has 4 nitrogen and oxygen atoms in total. The molecule has 138 valence electrons. The van der Waals surface area contributed by atoms with Crippen LogP contribution in [-0.2, 0) is 4.79 Å². The maximum absolute atomic E-state index is 13.2. The Balaban J connectivity index is 1.73. The van der Waals surface area contributed by atoms with Gasteiger partial charge in [-0.05, 0) is 56.5 Å². The standard InChI is InChI=1S/C20H30FN3O/c21-17-9-7-16(8-10-17)18(19(22)25)23-15-20(11-3-1-4-12-20)24-13-5-2-6-14-24/h7-10,18,23H,1-6,11-15H2,(H2,22,25). The summed E-state index contributed by atoms with van der Waals surface area (Å²) in [7, 11) is 0. The van der Waals surface area contributed by atoms with E-state index in [1.165, 1.54) is 63.5 Å². The van der Waals surface area contributed by atoms with Gasteiger partial charge < -0.3 is 11.1 Å². The van der Waals surface area contributed by atoms with E-state index in [2.05, 4.69) is 10.2 Å². The highest BCUT2D eigenvalue weighted by Crippen LogP contribution is 2.35. The number of hydrogen-bond donors (Lipinski definition) is 2. The monoisotopic (exact) mass is 347 g/mol. The largest absolute Gasteiger partial charge is 0.368 e. The average Bonchev–Trinajstić information content (AvgIpc) is 2.64. The van der Waals surface area contributed by atoms with Crippen molar-refractivity contribution in [2.75, 3.05) is 19.6 Å². The molecule has 0 spiro atoms. The number of nitrogens with zero attached hydrogens (tertiary/aromatic N) is 1. The Morgan fingerprint density at radius 3 is 2.28 bits per heavy atom. The minimum Gasteiger partial charge on any atom is -0.368 e. The number of likely N-dealkylation sites (tertiary alicyclic amines) is 1. The van der Waals surface area contributed by atoms with Gasteiger partial charge in [0, 0.05) is 12.1 Å². The van der Waals surface area contributed by atoms with E-state index >= 15 is 0 Å². The Morgan fingerprint density at radius 2 is 1.68 bits per heavy atom. The van der Waals surface area contributed by atoms with Crippen LogP contribution in [0.15, 0.2) is 24.3 Å². The number of carbonyl (C=O) groups excluding carboxylic acids is 1. The van der Waals surface area contributed by atoms with Crippen LogP contribution in [0.2, 0.25) is 0 Å². The van der Waals surface area contributed by atoms with Gasteiger partial charge in [0.05, 0.1) is 0 Å². The lowest BCUT2D eigenvalue weighted by atomic mass is 9.79. The summed E-state index contributed by atoms with van der Waals surface area (Å²) in [6.45, 7) is 3.07. The Labute approximate surface area is 150 Å². The number of nitrogens with two attached hydrogens (primary N) is 1. The van der Waals surface area contributed by atoms with Gasteiger partial charge in [0.1, 0.15) is 11.9 Å². The molecule has 1 aromatic rings.